The van der Waals surface area contributed by atoms with Gasteiger partial charge in [0.1, 0.15) is 10.8 Å². The molecule has 0 amide bonds. The van der Waals surface area contributed by atoms with Crippen molar-refractivity contribution in [3.05, 3.63) is 142 Å². The summed E-state index contributed by atoms with van der Waals surface area (Å²) in [5.74, 6) is -19.2. The van der Waals surface area contributed by atoms with E-state index in [0.29, 0.717) is 39.0 Å². The Morgan fingerprint density at radius 1 is 0.655 bits per heavy atom. The number of hydrogen-bond donors (Lipinski definition) is 2. The molecule has 2 N–H and O–H groups in total. The third kappa shape index (κ3) is 35.3. The first-order valence-corrected chi connectivity index (χ1v) is 23.1. The van der Waals surface area contributed by atoms with Crippen molar-refractivity contribution in [2.24, 2.45) is 10.8 Å². The molecule has 2 aliphatic rings. The van der Waals surface area contributed by atoms with Gasteiger partial charge in [-0.1, -0.05) is 115 Å². The molecular weight excluding hydrogens is 1420 g/mol. The number of benzene rings is 1. The van der Waals surface area contributed by atoms with Crippen molar-refractivity contribution in [1.29, 1.82) is 0 Å². The first kappa shape index (κ1) is 102. The minimum absolute atomic E-state index is 0. The molecule has 3 rings (SSSR count). The van der Waals surface area contributed by atoms with Crippen molar-refractivity contribution in [1.82, 2.24) is 0 Å². The van der Waals surface area contributed by atoms with Crippen LogP contribution in [0, 0.1) is 17.4 Å². The van der Waals surface area contributed by atoms with Crippen molar-refractivity contribution >= 4 is 50.8 Å². The molecule has 0 aromatic heterocycles. The second-order valence-electron chi connectivity index (χ2n) is 15.6. The van der Waals surface area contributed by atoms with Gasteiger partial charge in [-0.25, -0.2) is 26.3 Å². The first-order valence-electron chi connectivity index (χ1n) is 22.0. The first-order chi connectivity index (χ1) is 37.6. The zero-order valence-electron chi connectivity index (χ0n) is 46.5. The number of aliphatic hydroxyl groups is 2. The predicted molar refractivity (Wildman–Crippen MR) is 265 cm³/mol. The zero-order chi connectivity index (χ0) is 70.3. The molecule has 2 aliphatic carbocycles. The SMILES string of the molecule is C=CCBr.C=CCC(F)(F)C(=O)C(F)(F)F.C=CCC(F)(F)C(C)(C=C)C(F)(F)F.C=Cc1ccccc1.CC.CC(=C(F)F)C(F)(F)F.CC1(C(F)(F)F)C=CCC1(F)F.OC(C(F)(F)F)C(F)(F)F.OC1(C(F)(F)F)C=CCC1(F)F.[Br-].[CH-]=C.[H+].[Mg+2]. The monoisotopic (exact) mass is 1480 g/mol. The molecule has 0 bridgehead atoms. The van der Waals surface area contributed by atoms with Crippen molar-refractivity contribution in [3.8, 4) is 0 Å². The fraction of sp³-hybridized carbons (Fsp3) is 0.500. The van der Waals surface area contributed by atoms with E-state index in [2.05, 4.69) is 62.0 Å². The van der Waals surface area contributed by atoms with Crippen LogP contribution in [0.25, 0.3) is 6.08 Å². The summed E-state index contributed by atoms with van der Waals surface area (Å²) in [6.45, 7) is 27.9. The second-order valence-corrected chi connectivity index (χ2v) is 16.3. The average Bonchev–Trinajstić information content (AvgIpc) is 3.82. The maximum Gasteiger partial charge on any atom is 2.00 e. The Kier molecular flexibility index (Phi) is 48.5. The number of carbonyl (C=O) groups excluding carboxylic acids is 1. The molecule has 0 saturated heterocycles. The predicted octanol–water partition coefficient (Wildman–Crippen LogP) is 17.8. The van der Waals surface area contributed by atoms with Gasteiger partial charge in [-0.3, -0.25) is 11.4 Å². The third-order valence-electron chi connectivity index (χ3n) is 9.52. The van der Waals surface area contributed by atoms with Crippen LogP contribution in [-0.4, -0.2) is 123 Å². The number of allylic oxidation sites excluding steroid dienone is 8. The molecule has 3 atom stereocenters. The molecule has 0 spiro atoms. The van der Waals surface area contributed by atoms with Gasteiger partial charge >= 0.3 is 79.4 Å². The quantitative estimate of drug-likeness (QED) is 0.0852. The summed E-state index contributed by atoms with van der Waals surface area (Å²) >= 11 is 3.13. The Labute approximate surface area is 515 Å². The molecule has 3 unspecified atom stereocenters. The fourth-order valence-electron chi connectivity index (χ4n) is 4.26. The smallest absolute Gasteiger partial charge is 1.00 e. The molecule has 1 aromatic carbocycles. The minimum atomic E-state index is -5.63. The second kappa shape index (κ2) is 41.4. The fourth-order valence-corrected chi connectivity index (χ4v) is 4.26. The van der Waals surface area contributed by atoms with E-state index in [1.54, 1.807) is 6.08 Å². The number of aliphatic hydroxyl groups excluding tert-OH is 1. The Morgan fingerprint density at radius 3 is 1.16 bits per heavy atom. The van der Waals surface area contributed by atoms with Crippen molar-refractivity contribution in [2.45, 2.75) is 139 Å². The molecule has 37 heteroatoms. The van der Waals surface area contributed by atoms with Gasteiger partial charge in [-0.05, 0) is 32.4 Å². The number of alkyl halides is 30. The number of Topliss-reactive ketones (excluding diaryl/α,β-unsaturated/α-hetero) is 1. The van der Waals surface area contributed by atoms with E-state index in [0.717, 1.165) is 17.5 Å². The van der Waals surface area contributed by atoms with Crippen molar-refractivity contribution < 1.29 is 170 Å². The Balaban J connectivity index is -0.0000000987. The summed E-state index contributed by atoms with van der Waals surface area (Å²) in [5.41, 5.74) is -10.8. The number of carbonyl (C=O) groups is 1. The molecule has 0 heterocycles. The van der Waals surface area contributed by atoms with Crippen LogP contribution < -0.4 is 17.0 Å². The van der Waals surface area contributed by atoms with Gasteiger partial charge in [0.25, 0.3) is 23.8 Å². The normalized spacial score (nSPS) is 18.0. The molecule has 506 valence electrons. The van der Waals surface area contributed by atoms with Crippen LogP contribution >= 0.6 is 15.9 Å². The molecule has 1 aromatic rings. The molecular formula is C50H56Br2F31MgO3+. The summed E-state index contributed by atoms with van der Waals surface area (Å²) in [6, 6.07) is 10.0. The van der Waals surface area contributed by atoms with E-state index < -0.39 is 133 Å². The average molecular weight is 1480 g/mol. The van der Waals surface area contributed by atoms with Gasteiger partial charge in [-0.2, -0.15) is 110 Å². The summed E-state index contributed by atoms with van der Waals surface area (Å²) in [4.78, 5) is 9.95. The Hall–Kier alpha value is -3.97. The largest absolute Gasteiger partial charge is 2.00 e. The van der Waals surface area contributed by atoms with Gasteiger partial charge < -0.3 is 33.8 Å². The molecule has 0 aliphatic heterocycles. The molecule has 0 saturated carbocycles. The maximum atomic E-state index is 13.1. The zero-order valence-corrected chi connectivity index (χ0v) is 50.1. The van der Waals surface area contributed by atoms with Gasteiger partial charge in [0.15, 0.2) is 0 Å². The summed E-state index contributed by atoms with van der Waals surface area (Å²) < 4.78 is 366. The Morgan fingerprint density at radius 2 is 1.01 bits per heavy atom. The van der Waals surface area contributed by atoms with Crippen molar-refractivity contribution in [3.63, 3.8) is 0 Å². The molecule has 87 heavy (non-hydrogen) atoms. The van der Waals surface area contributed by atoms with Crippen LogP contribution in [0.3, 0.4) is 0 Å². The van der Waals surface area contributed by atoms with E-state index >= 15 is 0 Å². The van der Waals surface area contributed by atoms with Gasteiger partial charge in [0.05, 0.1) is 5.57 Å². The van der Waals surface area contributed by atoms with Crippen LogP contribution in [0.15, 0.2) is 130 Å². The number of rotatable bonds is 9. The van der Waals surface area contributed by atoms with Gasteiger partial charge in [0, 0.05) is 31.0 Å². The third-order valence-corrected chi connectivity index (χ3v) is 9.98. The van der Waals surface area contributed by atoms with E-state index in [4.69, 9.17) is 10.2 Å². The van der Waals surface area contributed by atoms with Crippen LogP contribution in [0.5, 0.6) is 0 Å². The number of ketones is 1. The number of hydrogen-bond acceptors (Lipinski definition) is 3. The van der Waals surface area contributed by atoms with Gasteiger partial charge in [-0.15, -0.1) is 26.3 Å². The topological polar surface area (TPSA) is 57.5 Å². The van der Waals surface area contributed by atoms with Crippen LogP contribution in [0.4, 0.5) is 136 Å². The van der Waals surface area contributed by atoms with E-state index in [1.807, 2.05) is 50.3 Å². The summed E-state index contributed by atoms with van der Waals surface area (Å²) in [6.07, 6.45) is -40.8. The van der Waals surface area contributed by atoms with Gasteiger partial charge in [0.2, 0.25) is 11.7 Å². The van der Waals surface area contributed by atoms with Crippen LogP contribution in [-0.2, 0) is 4.79 Å². The summed E-state index contributed by atoms with van der Waals surface area (Å²) in [5, 5.41) is 17.0. The maximum absolute atomic E-state index is 13.1. The Bertz CT molecular complexity index is 2150. The minimum Gasteiger partial charge on any atom is -1.00 e. The number of halogens is 33. The van der Waals surface area contributed by atoms with Crippen LogP contribution in [0.1, 0.15) is 67.3 Å². The van der Waals surface area contributed by atoms with E-state index in [-0.39, 0.29) is 53.6 Å². The molecule has 0 radical (unpaired) electrons. The molecule has 0 fully saturated rings. The standard InChI is InChI=1S/C9H11F5.C8H8.C7H7F5.2C6H5F5O.C4H3F5.C3H5Br.C3H2F6O.C2H6.C2H3.BrH.Mg/c1-4-6-8(10,11)7(3,5-2)9(12,13)14;1-2-8-6-4-3-5-7-8;1-5(7(10,11)12)3-2-4-6(5,8)9;7-5(8)3-1-2-4(5,12)6(9,10)11;1-2-3-5(7,8)4(12)6(9,10)11;1-2(3(5)6)4(7,8)9;1-2-3-4;4-2(5,6)1(10)3(7,8)9;2*1-2;;/h4-5H,1-2,6H2,3H3;2-7H,1H2;2-3H,4H2,1H3;1-2,12H,3H2;2H,1,3H2;1H3;2H,1,3H2;1,10H;1-2H3;1H,2H2;1H;/q;;;;;;;;;-1;;+2. The van der Waals surface area contributed by atoms with E-state index in [1.165, 1.54) is 5.56 Å². The summed E-state index contributed by atoms with van der Waals surface area (Å²) in [7, 11) is 0. The van der Waals surface area contributed by atoms with Crippen molar-refractivity contribution in [2.75, 3.05) is 5.33 Å². The molecule has 3 nitrogen and oxygen atoms in total. The van der Waals surface area contributed by atoms with Crippen LogP contribution in [0.2, 0.25) is 0 Å². The van der Waals surface area contributed by atoms with E-state index in [9.17, 15) is 141 Å².